The zero-order chi connectivity index (χ0) is 24.7. The topological polar surface area (TPSA) is 79.1 Å². The Kier molecular flexibility index (Phi) is 6.61. The van der Waals surface area contributed by atoms with Gasteiger partial charge in [-0.25, -0.2) is 9.79 Å². The summed E-state index contributed by atoms with van der Waals surface area (Å²) in [6.45, 7) is 3.94. The third-order valence-electron chi connectivity index (χ3n) is 5.73. The molecule has 0 fully saturated rings. The predicted molar refractivity (Wildman–Crippen MR) is 139 cm³/mol. The van der Waals surface area contributed by atoms with Crippen LogP contribution in [0.25, 0.3) is 6.08 Å². The SMILES string of the molecule is CCOC(=O)C1=C(C)N=c2sc(=Cc3cc4c(cc3Br)OCO4)c(=O)n2C1c1ccc(SC)cc1. The third kappa shape index (κ3) is 4.34. The molecular formula is C25H21BrN2O5S2. The van der Waals surface area contributed by atoms with Gasteiger partial charge in [-0.3, -0.25) is 9.36 Å². The highest BCUT2D eigenvalue weighted by Crippen LogP contribution is 2.37. The molecule has 0 aliphatic carbocycles. The average molecular weight is 573 g/mol. The number of rotatable bonds is 5. The lowest BCUT2D eigenvalue weighted by Crippen LogP contribution is -2.39. The third-order valence-corrected chi connectivity index (χ3v) is 8.14. The number of hydrogen-bond acceptors (Lipinski definition) is 8. The highest BCUT2D eigenvalue weighted by atomic mass is 79.9. The van der Waals surface area contributed by atoms with Crippen molar-refractivity contribution in [2.24, 2.45) is 4.99 Å². The standard InChI is InChI=1S/C25H21BrN2O5S2/c1-4-31-24(30)21-13(2)27-25-28(22(21)14-5-7-16(34-3)8-6-14)23(29)20(35-25)10-15-9-18-19(11-17(15)26)33-12-32-18/h5-11,22H,4,12H2,1-3H3. The molecule has 1 atom stereocenters. The molecule has 0 saturated carbocycles. The van der Waals surface area contributed by atoms with Crippen LogP contribution in [0.3, 0.4) is 0 Å². The van der Waals surface area contributed by atoms with Crippen LogP contribution in [-0.4, -0.2) is 30.2 Å². The number of halogens is 1. The van der Waals surface area contributed by atoms with Crippen LogP contribution in [0.5, 0.6) is 11.5 Å². The summed E-state index contributed by atoms with van der Waals surface area (Å²) in [5.41, 5.74) is 2.27. The number of esters is 1. The highest BCUT2D eigenvalue weighted by molar-refractivity contribution is 9.10. The monoisotopic (exact) mass is 572 g/mol. The first-order chi connectivity index (χ1) is 16.9. The maximum absolute atomic E-state index is 13.7. The van der Waals surface area contributed by atoms with Gasteiger partial charge in [0.15, 0.2) is 16.3 Å². The molecular weight excluding hydrogens is 552 g/mol. The molecule has 5 rings (SSSR count). The number of hydrogen-bond donors (Lipinski definition) is 0. The molecule has 3 heterocycles. The number of nitrogens with zero attached hydrogens (tertiary/aromatic N) is 2. The van der Waals surface area contributed by atoms with E-state index < -0.39 is 12.0 Å². The van der Waals surface area contributed by atoms with Gasteiger partial charge in [-0.1, -0.05) is 39.4 Å². The molecule has 0 radical (unpaired) electrons. The van der Waals surface area contributed by atoms with Crippen molar-refractivity contribution in [2.75, 3.05) is 19.7 Å². The number of benzene rings is 2. The summed E-state index contributed by atoms with van der Waals surface area (Å²) in [4.78, 5) is 33.0. The molecule has 1 unspecified atom stereocenters. The minimum atomic E-state index is -0.636. The first-order valence-electron chi connectivity index (χ1n) is 10.8. The summed E-state index contributed by atoms with van der Waals surface area (Å²) in [7, 11) is 0. The maximum Gasteiger partial charge on any atom is 0.338 e. The molecule has 0 amide bonds. The Labute approximate surface area is 217 Å². The maximum atomic E-state index is 13.7. The van der Waals surface area contributed by atoms with Crippen molar-refractivity contribution in [1.29, 1.82) is 0 Å². The fourth-order valence-corrected chi connectivity index (χ4v) is 5.96. The highest BCUT2D eigenvalue weighted by Gasteiger charge is 2.33. The second-order valence-electron chi connectivity index (χ2n) is 7.80. The number of allylic oxidation sites excluding steroid dienone is 1. The van der Waals surface area contributed by atoms with E-state index in [1.807, 2.05) is 42.7 Å². The Hall–Kier alpha value is -2.82. The van der Waals surface area contributed by atoms with Gasteiger partial charge in [0.1, 0.15) is 0 Å². The van der Waals surface area contributed by atoms with Crippen LogP contribution < -0.4 is 24.4 Å². The number of thioether (sulfide) groups is 1. The van der Waals surface area contributed by atoms with Gasteiger partial charge in [-0.05, 0) is 61.6 Å². The van der Waals surface area contributed by atoms with Crippen LogP contribution in [0.2, 0.25) is 0 Å². The van der Waals surface area contributed by atoms with Crippen molar-refractivity contribution in [3.63, 3.8) is 0 Å². The minimum absolute atomic E-state index is 0.165. The quantitative estimate of drug-likeness (QED) is 0.339. The van der Waals surface area contributed by atoms with Crippen molar-refractivity contribution in [2.45, 2.75) is 24.8 Å². The number of fused-ring (bicyclic) bond motifs is 2. The molecule has 0 bridgehead atoms. The van der Waals surface area contributed by atoms with E-state index in [1.165, 1.54) is 11.3 Å². The lowest BCUT2D eigenvalue weighted by Gasteiger charge is -2.24. The van der Waals surface area contributed by atoms with E-state index in [9.17, 15) is 9.59 Å². The van der Waals surface area contributed by atoms with Gasteiger partial charge in [0.05, 0.1) is 28.5 Å². The summed E-state index contributed by atoms with van der Waals surface area (Å²) < 4.78 is 19.1. The van der Waals surface area contributed by atoms with Crippen molar-refractivity contribution in [1.82, 2.24) is 4.57 Å². The molecule has 2 aliphatic rings. The van der Waals surface area contributed by atoms with Crippen LogP contribution in [-0.2, 0) is 9.53 Å². The average Bonchev–Trinajstić information content (AvgIpc) is 3.42. The summed E-state index contributed by atoms with van der Waals surface area (Å²) in [6, 6.07) is 10.9. The van der Waals surface area contributed by atoms with Crippen LogP contribution in [0, 0.1) is 0 Å². The second kappa shape index (κ2) is 9.67. The largest absolute Gasteiger partial charge is 0.463 e. The van der Waals surface area contributed by atoms with E-state index in [-0.39, 0.29) is 19.0 Å². The number of aromatic nitrogens is 1. The van der Waals surface area contributed by atoms with Crippen LogP contribution in [0.4, 0.5) is 0 Å². The van der Waals surface area contributed by atoms with E-state index in [0.29, 0.717) is 32.1 Å². The summed E-state index contributed by atoms with van der Waals surface area (Å²) in [6.07, 6.45) is 3.80. The van der Waals surface area contributed by atoms with Crippen molar-refractivity contribution in [3.8, 4) is 11.5 Å². The molecule has 7 nitrogen and oxygen atoms in total. The van der Waals surface area contributed by atoms with Crippen molar-refractivity contribution in [3.05, 3.63) is 83.0 Å². The summed E-state index contributed by atoms with van der Waals surface area (Å²) >= 11 is 6.46. The molecule has 0 saturated heterocycles. The molecule has 0 spiro atoms. The normalized spacial score (nSPS) is 16.8. The van der Waals surface area contributed by atoms with Gasteiger partial charge < -0.3 is 14.2 Å². The number of thiazole rings is 1. The van der Waals surface area contributed by atoms with Crippen LogP contribution in [0.15, 0.2) is 66.8 Å². The minimum Gasteiger partial charge on any atom is -0.463 e. The molecule has 2 aliphatic heterocycles. The van der Waals surface area contributed by atoms with E-state index in [4.69, 9.17) is 14.2 Å². The van der Waals surface area contributed by atoms with E-state index >= 15 is 0 Å². The van der Waals surface area contributed by atoms with Gasteiger partial charge in [0, 0.05) is 9.37 Å². The second-order valence-corrected chi connectivity index (χ2v) is 10.5. The van der Waals surface area contributed by atoms with Crippen LogP contribution in [0.1, 0.15) is 31.0 Å². The fourth-order valence-electron chi connectivity index (χ4n) is 4.08. The fraction of sp³-hybridized carbons (Fsp3) is 0.240. The molecule has 1 aromatic heterocycles. The predicted octanol–water partition coefficient (Wildman–Crippen LogP) is 4.01. The van der Waals surface area contributed by atoms with Gasteiger partial charge in [0.25, 0.3) is 5.56 Å². The van der Waals surface area contributed by atoms with Gasteiger partial charge in [-0.2, -0.15) is 0 Å². The smallest absolute Gasteiger partial charge is 0.338 e. The Balaban J connectivity index is 1.70. The Bertz CT molecular complexity index is 1540. The lowest BCUT2D eigenvalue weighted by molar-refractivity contribution is -0.139. The molecule has 35 heavy (non-hydrogen) atoms. The van der Waals surface area contributed by atoms with Gasteiger partial charge >= 0.3 is 5.97 Å². The molecule has 10 heteroatoms. The Morgan fingerprint density at radius 1 is 1.29 bits per heavy atom. The molecule has 0 N–H and O–H groups in total. The van der Waals surface area contributed by atoms with E-state index in [0.717, 1.165) is 20.5 Å². The van der Waals surface area contributed by atoms with Gasteiger partial charge in [0.2, 0.25) is 6.79 Å². The molecule has 3 aromatic rings. The summed E-state index contributed by atoms with van der Waals surface area (Å²) in [5, 5.41) is 0. The molecule has 2 aromatic carbocycles. The van der Waals surface area contributed by atoms with Gasteiger partial charge in [-0.15, -0.1) is 11.8 Å². The zero-order valence-corrected chi connectivity index (χ0v) is 22.4. The molecule has 180 valence electrons. The number of ether oxygens (including phenoxy) is 3. The van der Waals surface area contributed by atoms with Crippen LogP contribution >= 0.6 is 39.0 Å². The zero-order valence-electron chi connectivity index (χ0n) is 19.2. The first-order valence-corrected chi connectivity index (χ1v) is 13.7. The number of carbonyl (C=O) groups excluding carboxylic acids is 1. The van der Waals surface area contributed by atoms with Crippen molar-refractivity contribution < 1.29 is 19.0 Å². The lowest BCUT2D eigenvalue weighted by atomic mass is 9.96. The Morgan fingerprint density at radius 3 is 2.69 bits per heavy atom. The van der Waals surface area contributed by atoms with E-state index in [2.05, 4.69) is 20.9 Å². The summed E-state index contributed by atoms with van der Waals surface area (Å²) in [5.74, 6) is 0.804. The van der Waals surface area contributed by atoms with E-state index in [1.54, 1.807) is 36.3 Å². The Morgan fingerprint density at radius 2 is 2.00 bits per heavy atom. The first kappa shape index (κ1) is 23.9. The number of carbonyl (C=O) groups is 1. The van der Waals surface area contributed by atoms with Crippen molar-refractivity contribution >= 4 is 51.1 Å².